The molecule has 1 aromatic rings. The van der Waals surface area contributed by atoms with Crippen molar-refractivity contribution in [1.29, 1.82) is 0 Å². The molecule has 1 aromatic heterocycles. The monoisotopic (exact) mass is 422 g/mol. The van der Waals surface area contributed by atoms with Crippen LogP contribution in [0.4, 0.5) is 0 Å². The first-order valence-electron chi connectivity index (χ1n) is 4.00. The molecule has 0 amide bonds. The number of hydrogen-bond acceptors (Lipinski definition) is 3. The van der Waals surface area contributed by atoms with Crippen LogP contribution in [0.15, 0.2) is 6.07 Å². The Balaban J connectivity index is 2.25. The first kappa shape index (κ1) is 10.6. The summed E-state index contributed by atoms with van der Waals surface area (Å²) in [4.78, 5) is 2.60. The molecule has 72 valence electrons. The van der Waals surface area contributed by atoms with Gasteiger partial charge in [0.05, 0.1) is 4.88 Å². The first-order chi connectivity index (χ1) is 6.31. The van der Waals surface area contributed by atoms with Gasteiger partial charge in [-0.05, 0) is 11.6 Å². The number of aliphatic hydroxyl groups is 1. The summed E-state index contributed by atoms with van der Waals surface area (Å²) in [5.74, 6) is 0. The molecule has 1 aliphatic rings. The largest absolute Gasteiger partial charge is 0.373 e. The average molecular weight is 422 g/mol. The van der Waals surface area contributed by atoms with Crippen molar-refractivity contribution < 1.29 is 26.3 Å². The normalized spacial score (nSPS) is 18.3. The van der Waals surface area contributed by atoms with Gasteiger partial charge in [-0.25, -0.2) is 3.53 Å². The van der Waals surface area contributed by atoms with Crippen LogP contribution >= 0.6 is 34.2 Å². The van der Waals surface area contributed by atoms with Crippen LogP contribution in [0.25, 0.3) is 0 Å². The van der Waals surface area contributed by atoms with E-state index in [-0.39, 0.29) is 0 Å². The fourth-order valence-electron chi connectivity index (χ4n) is 1.32. The number of aryl methyl sites for hydroxylation is 1. The minimum absolute atomic E-state index is 0.421. The van der Waals surface area contributed by atoms with Crippen LogP contribution in [0.5, 0.6) is 0 Å². The van der Waals surface area contributed by atoms with Crippen molar-refractivity contribution in [2.24, 2.45) is 0 Å². The topological polar surface area (TPSA) is 32.3 Å². The molecule has 2 nitrogen and oxygen atoms in total. The van der Waals surface area contributed by atoms with Crippen LogP contribution in [0.2, 0.25) is 0 Å². The summed E-state index contributed by atoms with van der Waals surface area (Å²) in [5, 5.41) is 9.58. The van der Waals surface area contributed by atoms with Crippen LogP contribution in [-0.2, 0) is 10.8 Å². The highest BCUT2D eigenvalue weighted by molar-refractivity contribution is 14.1. The second-order valence-electron chi connectivity index (χ2n) is 2.87. The smallest absolute Gasteiger partial charge is 0.275 e. The molecule has 5 heteroatoms. The van der Waals surface area contributed by atoms with E-state index in [1.807, 2.05) is 22.9 Å². The number of hydrogen-bond donors (Lipinski definition) is 2. The van der Waals surface area contributed by atoms with E-state index in [4.69, 9.17) is 0 Å². The Kier molecular flexibility index (Phi) is 3.86. The van der Waals surface area contributed by atoms with Gasteiger partial charge < -0.3 is 5.11 Å². The molecule has 1 atom stereocenters. The third-order valence-corrected chi connectivity index (χ3v) is 6.94. The summed E-state index contributed by atoms with van der Waals surface area (Å²) in [6, 6.07) is 2.17. The number of nitrogens with one attached hydrogen (secondary N) is 1. The van der Waals surface area contributed by atoms with E-state index in [0.717, 1.165) is 4.88 Å². The highest BCUT2D eigenvalue weighted by Gasteiger charge is 2.23. The zero-order valence-electron chi connectivity index (χ0n) is 6.89. The summed E-state index contributed by atoms with van der Waals surface area (Å²) < 4.78 is 5.56. The number of thiophene rings is 1. The highest BCUT2D eigenvalue weighted by Crippen LogP contribution is 2.27. The van der Waals surface area contributed by atoms with Gasteiger partial charge in [-0.15, -0.1) is 11.3 Å². The van der Waals surface area contributed by atoms with E-state index in [1.165, 1.54) is 25.7 Å². The molecule has 1 aliphatic heterocycles. The molecule has 0 aliphatic carbocycles. The van der Waals surface area contributed by atoms with E-state index in [0.29, 0.717) is 21.2 Å². The van der Waals surface area contributed by atoms with Crippen LogP contribution in [0.3, 0.4) is 0 Å². The van der Waals surface area contributed by atoms with Gasteiger partial charge in [-0.3, -0.25) is 0 Å². The van der Waals surface area contributed by atoms with Crippen LogP contribution in [0, 0.1) is 0 Å². The van der Waals surface area contributed by atoms with Gasteiger partial charge in [-0.2, -0.15) is 0 Å². The van der Waals surface area contributed by atoms with E-state index in [2.05, 4.69) is 9.60 Å². The minimum Gasteiger partial charge on any atom is -0.373 e. The Labute approximate surface area is 106 Å². The summed E-state index contributed by atoms with van der Waals surface area (Å²) in [7, 11) is 0. The maximum Gasteiger partial charge on any atom is 0.275 e. The Morgan fingerprint density at radius 3 is 3.23 bits per heavy atom. The third-order valence-electron chi connectivity index (χ3n) is 2.00. The fraction of sp³-hybridized carbons (Fsp3) is 0.500. The Hall–Kier alpha value is 1.08. The van der Waals surface area contributed by atoms with E-state index in [9.17, 15) is 5.11 Å². The summed E-state index contributed by atoms with van der Waals surface area (Å²) in [6.45, 7) is 0. The molecule has 0 radical (unpaired) electrons. The lowest BCUT2D eigenvalue weighted by molar-refractivity contribution is -0.672. The van der Waals surface area contributed by atoms with Gasteiger partial charge in [0, 0.05) is 34.2 Å². The summed E-state index contributed by atoms with van der Waals surface area (Å²) >= 11 is 4.19. The lowest BCUT2D eigenvalue weighted by Gasteiger charge is -2.02. The zero-order chi connectivity index (χ0) is 9.26. The van der Waals surface area contributed by atoms with Crippen molar-refractivity contribution in [1.82, 2.24) is 3.53 Å². The van der Waals surface area contributed by atoms with Gasteiger partial charge in [0.1, 0.15) is 10.7 Å². The molecule has 1 unspecified atom stereocenters. The molecular formula is C8H10I2NOS+. The molecule has 13 heavy (non-hydrogen) atoms. The lowest BCUT2D eigenvalue weighted by atomic mass is 10.2. The fourth-order valence-corrected chi connectivity index (χ4v) is 6.18. The van der Waals surface area contributed by atoms with E-state index < -0.39 is 6.23 Å². The predicted octanol–water partition coefficient (Wildman–Crippen LogP) is -1.18. The molecule has 2 heterocycles. The van der Waals surface area contributed by atoms with Crippen LogP contribution in [0.1, 0.15) is 21.5 Å². The molecule has 0 saturated heterocycles. The van der Waals surface area contributed by atoms with E-state index >= 15 is 0 Å². The van der Waals surface area contributed by atoms with Crippen molar-refractivity contribution in [2.75, 3.05) is 4.43 Å². The van der Waals surface area contributed by atoms with E-state index in [1.54, 1.807) is 11.3 Å². The molecule has 2 N–H and O–H groups in total. The quantitative estimate of drug-likeness (QED) is 0.273. The maximum atomic E-state index is 9.58. The highest BCUT2D eigenvalue weighted by atomic mass is 127. The number of aliphatic hydroxyl groups excluding tert-OH is 1. The number of rotatable bonds is 2. The van der Waals surface area contributed by atoms with Crippen molar-refractivity contribution in [3.05, 3.63) is 21.4 Å². The molecule has 0 spiro atoms. The van der Waals surface area contributed by atoms with Gasteiger partial charge in [0.15, 0.2) is 4.43 Å². The summed E-state index contributed by atoms with van der Waals surface area (Å²) in [5.41, 5.74) is 1.48. The van der Waals surface area contributed by atoms with Crippen LogP contribution < -0.4 is 24.7 Å². The van der Waals surface area contributed by atoms with Crippen molar-refractivity contribution in [3.8, 4) is 0 Å². The Morgan fingerprint density at radius 2 is 2.54 bits per heavy atom. The standard InChI is InChI=1S/C8H10I2NOS/c9-11-8(12)6-3-5-1-2-10-4-7(5)13-6/h3,8,11-12H,1-2,4H2/q+1. The number of halogens is 2. The van der Waals surface area contributed by atoms with Crippen molar-refractivity contribution >= 4 is 34.2 Å². The second-order valence-corrected chi connectivity index (χ2v) is 7.58. The van der Waals surface area contributed by atoms with Crippen LogP contribution in [-0.4, -0.2) is 9.53 Å². The van der Waals surface area contributed by atoms with Crippen molar-refractivity contribution in [2.45, 2.75) is 17.1 Å². The summed E-state index contributed by atoms with van der Waals surface area (Å²) in [6.07, 6.45) is 0.766. The zero-order valence-corrected chi connectivity index (χ0v) is 12.0. The molecule has 0 saturated carbocycles. The number of fused-ring (bicyclic) bond motifs is 1. The van der Waals surface area contributed by atoms with Gasteiger partial charge in [-0.1, -0.05) is 0 Å². The minimum atomic E-state index is -0.477. The first-order valence-corrected chi connectivity index (χ1v) is 8.95. The lowest BCUT2D eigenvalue weighted by Crippen LogP contribution is -3.63. The molecule has 0 aromatic carbocycles. The van der Waals surface area contributed by atoms with Gasteiger partial charge >= 0.3 is 0 Å². The molecule has 0 fully saturated rings. The Bertz CT molecular complexity index is 279. The van der Waals surface area contributed by atoms with Gasteiger partial charge in [0.25, 0.3) is 21.2 Å². The third kappa shape index (κ3) is 2.36. The second kappa shape index (κ2) is 4.73. The van der Waals surface area contributed by atoms with Gasteiger partial charge in [0.2, 0.25) is 0 Å². The predicted molar refractivity (Wildman–Crippen MR) is 58.7 cm³/mol. The molecule has 2 rings (SSSR count). The number of alkyl halides is 2. The molecular weight excluding hydrogens is 412 g/mol. The average Bonchev–Trinajstić information content (AvgIpc) is 2.59. The SMILES string of the molecule is OC(NI)c1cc2c(s1)C[I+]CC2. The Morgan fingerprint density at radius 1 is 1.69 bits per heavy atom. The van der Waals surface area contributed by atoms with Crippen molar-refractivity contribution in [3.63, 3.8) is 0 Å². The maximum absolute atomic E-state index is 9.58. The molecule has 0 bridgehead atoms.